The minimum absolute atomic E-state index is 0.163. The highest BCUT2D eigenvalue weighted by Gasteiger charge is 2.31. The first kappa shape index (κ1) is 27.7. The van der Waals surface area contributed by atoms with Crippen LogP contribution < -0.4 is 15.4 Å². The van der Waals surface area contributed by atoms with E-state index in [4.69, 9.17) is 0 Å². The van der Waals surface area contributed by atoms with Crippen molar-refractivity contribution >= 4 is 21.8 Å². The highest BCUT2D eigenvalue weighted by Crippen LogP contribution is 2.24. The molecule has 0 aliphatic rings. The van der Waals surface area contributed by atoms with Gasteiger partial charge in [0.05, 0.1) is 0 Å². The van der Waals surface area contributed by atoms with E-state index < -0.39 is 6.36 Å². The Morgan fingerprint density at radius 2 is 1.64 bits per heavy atom. The molecule has 3 aromatic rings. The summed E-state index contributed by atoms with van der Waals surface area (Å²) < 4.78 is 41.9. The van der Waals surface area contributed by atoms with Gasteiger partial charge in [-0.1, -0.05) is 78.2 Å². The van der Waals surface area contributed by atoms with Gasteiger partial charge >= 0.3 is 6.36 Å². The van der Waals surface area contributed by atoms with Gasteiger partial charge in [-0.05, 0) is 59.4 Å². The van der Waals surface area contributed by atoms with E-state index in [-0.39, 0.29) is 11.7 Å². The van der Waals surface area contributed by atoms with E-state index in [2.05, 4.69) is 62.5 Å². The number of ether oxygens (including phenoxy) is 1. The molecule has 0 saturated heterocycles. The van der Waals surface area contributed by atoms with Gasteiger partial charge in [-0.15, -0.1) is 13.2 Å². The summed E-state index contributed by atoms with van der Waals surface area (Å²) in [5, 5.41) is 6.15. The Morgan fingerprint density at radius 3 is 2.33 bits per heavy atom. The molecule has 0 bridgehead atoms. The number of rotatable bonds is 12. The van der Waals surface area contributed by atoms with Crippen LogP contribution in [-0.4, -0.2) is 12.3 Å². The van der Waals surface area contributed by atoms with Crippen LogP contribution in [-0.2, 0) is 26.1 Å². The van der Waals surface area contributed by atoms with E-state index in [1.165, 1.54) is 43.0 Å². The van der Waals surface area contributed by atoms with Crippen molar-refractivity contribution in [2.75, 3.05) is 0 Å². The zero-order chi connectivity index (χ0) is 26.0. The van der Waals surface area contributed by atoms with Crippen LogP contribution in [0.25, 0.3) is 0 Å². The summed E-state index contributed by atoms with van der Waals surface area (Å²) >= 11 is 3.51. The Bertz CT molecular complexity index is 1130. The molecule has 0 aliphatic heterocycles. The molecule has 3 aromatic carbocycles. The second-order valence-corrected chi connectivity index (χ2v) is 9.42. The molecule has 0 aromatic heterocycles. The Morgan fingerprint density at radius 1 is 0.889 bits per heavy atom. The van der Waals surface area contributed by atoms with Crippen LogP contribution in [0, 0.1) is 0 Å². The molecule has 192 valence electrons. The third kappa shape index (κ3) is 9.32. The van der Waals surface area contributed by atoms with Crippen molar-refractivity contribution in [1.29, 1.82) is 0 Å². The molecule has 1 amide bonds. The van der Waals surface area contributed by atoms with Crippen molar-refractivity contribution in [3.63, 3.8) is 0 Å². The summed E-state index contributed by atoms with van der Waals surface area (Å²) in [5.41, 5.74) is 4.49. The van der Waals surface area contributed by atoms with E-state index in [0.717, 1.165) is 22.0 Å². The maximum atomic E-state index is 12.6. The van der Waals surface area contributed by atoms with E-state index in [0.29, 0.717) is 30.8 Å². The van der Waals surface area contributed by atoms with E-state index in [1.54, 1.807) is 18.2 Å². The smallest absolute Gasteiger partial charge is 0.406 e. The molecular weight excluding hydrogens is 533 g/mol. The molecular formula is C28H30BrF3N2O2. The molecule has 8 heteroatoms. The van der Waals surface area contributed by atoms with Crippen LogP contribution in [0.4, 0.5) is 13.2 Å². The third-order valence-electron chi connectivity index (χ3n) is 5.64. The van der Waals surface area contributed by atoms with Crippen molar-refractivity contribution < 1.29 is 22.7 Å². The normalized spacial score (nSPS) is 11.4. The van der Waals surface area contributed by atoms with Crippen LogP contribution in [0.1, 0.15) is 58.8 Å². The van der Waals surface area contributed by atoms with Gasteiger partial charge in [-0.3, -0.25) is 4.79 Å². The third-order valence-corrected chi connectivity index (χ3v) is 6.38. The summed E-state index contributed by atoms with van der Waals surface area (Å²) in [7, 11) is 0. The van der Waals surface area contributed by atoms with E-state index in [1.807, 2.05) is 6.07 Å². The highest BCUT2D eigenvalue weighted by atomic mass is 79.9. The van der Waals surface area contributed by atoms with E-state index in [9.17, 15) is 18.0 Å². The van der Waals surface area contributed by atoms with Crippen LogP contribution in [0.5, 0.6) is 5.75 Å². The number of aryl methyl sites for hydroxylation is 1. The van der Waals surface area contributed by atoms with Crippen LogP contribution in [0.3, 0.4) is 0 Å². The lowest BCUT2D eigenvalue weighted by Crippen LogP contribution is -2.23. The van der Waals surface area contributed by atoms with Crippen molar-refractivity contribution in [3.8, 4) is 5.75 Å². The van der Waals surface area contributed by atoms with Gasteiger partial charge in [0.25, 0.3) is 5.91 Å². The molecule has 4 nitrogen and oxygen atoms in total. The van der Waals surface area contributed by atoms with Crippen LogP contribution in [0.15, 0.2) is 71.2 Å². The predicted molar refractivity (Wildman–Crippen MR) is 139 cm³/mol. The average Bonchev–Trinajstić information content (AvgIpc) is 2.83. The Hall–Kier alpha value is -2.84. The topological polar surface area (TPSA) is 50.4 Å². The molecule has 0 saturated carbocycles. The van der Waals surface area contributed by atoms with Crippen LogP contribution >= 0.6 is 15.9 Å². The van der Waals surface area contributed by atoms with Crippen molar-refractivity contribution in [3.05, 3.63) is 99.0 Å². The monoisotopic (exact) mass is 562 g/mol. The highest BCUT2D eigenvalue weighted by molar-refractivity contribution is 9.10. The van der Waals surface area contributed by atoms with Gasteiger partial charge in [-0.2, -0.15) is 0 Å². The lowest BCUT2D eigenvalue weighted by Gasteiger charge is -2.12. The fourth-order valence-electron chi connectivity index (χ4n) is 3.71. The molecule has 0 spiro atoms. The summed E-state index contributed by atoms with van der Waals surface area (Å²) in [6.45, 7) is 3.48. The van der Waals surface area contributed by atoms with E-state index >= 15 is 0 Å². The zero-order valence-electron chi connectivity index (χ0n) is 20.1. The molecule has 2 N–H and O–H groups in total. The SMILES string of the molecule is CCCCCc1ccc(CNC(=O)c2ccc(CNCc3cccc(OC(F)(F)F)c3)c(Br)c2)cc1. The number of alkyl halides is 3. The number of hydrogen-bond acceptors (Lipinski definition) is 3. The fourth-order valence-corrected chi connectivity index (χ4v) is 4.23. The minimum Gasteiger partial charge on any atom is -0.406 e. The standard InChI is InChI=1S/C28H30BrF3N2O2/c1-2-3-4-6-20-9-11-21(12-10-20)18-34-27(35)23-13-14-24(26(29)16-23)19-33-17-22-7-5-8-25(15-22)36-28(30,31)32/h5,7-16,33H,2-4,6,17-19H2,1H3,(H,34,35). The van der Waals surface area contributed by atoms with Crippen LogP contribution in [0.2, 0.25) is 0 Å². The average molecular weight is 563 g/mol. The molecule has 0 radical (unpaired) electrons. The molecule has 0 fully saturated rings. The van der Waals surface area contributed by atoms with Crippen molar-refractivity contribution in [2.24, 2.45) is 0 Å². The fraction of sp³-hybridized carbons (Fsp3) is 0.321. The van der Waals surface area contributed by atoms with Gasteiger partial charge < -0.3 is 15.4 Å². The van der Waals surface area contributed by atoms with Gasteiger partial charge in [0, 0.05) is 29.7 Å². The summed E-state index contributed by atoms with van der Waals surface area (Å²) in [6, 6.07) is 19.6. The number of unbranched alkanes of at least 4 members (excludes halogenated alkanes) is 2. The zero-order valence-corrected chi connectivity index (χ0v) is 21.7. The first-order valence-corrected chi connectivity index (χ1v) is 12.7. The largest absolute Gasteiger partial charge is 0.573 e. The lowest BCUT2D eigenvalue weighted by molar-refractivity contribution is -0.274. The Labute approximate surface area is 218 Å². The first-order valence-electron chi connectivity index (χ1n) is 11.9. The van der Waals surface area contributed by atoms with Crippen molar-refractivity contribution in [2.45, 2.75) is 58.6 Å². The number of amides is 1. The number of hydrogen-bond donors (Lipinski definition) is 2. The Kier molecular flexibility index (Phi) is 10.4. The molecule has 3 rings (SSSR count). The number of carbonyl (C=O) groups is 1. The second kappa shape index (κ2) is 13.5. The molecule has 36 heavy (non-hydrogen) atoms. The van der Waals surface area contributed by atoms with Gasteiger partial charge in [-0.25, -0.2) is 0 Å². The summed E-state index contributed by atoms with van der Waals surface area (Å²) in [4.78, 5) is 12.6. The molecule has 0 unspecified atom stereocenters. The minimum atomic E-state index is -4.72. The first-order chi connectivity index (χ1) is 17.2. The predicted octanol–water partition coefficient (Wildman–Crippen LogP) is 7.30. The van der Waals surface area contributed by atoms with Crippen molar-refractivity contribution in [1.82, 2.24) is 10.6 Å². The quantitative estimate of drug-likeness (QED) is 0.228. The molecule has 0 heterocycles. The number of benzene rings is 3. The second-order valence-electron chi connectivity index (χ2n) is 8.56. The maximum Gasteiger partial charge on any atom is 0.573 e. The molecule has 0 aliphatic carbocycles. The van der Waals surface area contributed by atoms with Gasteiger partial charge in [0.2, 0.25) is 0 Å². The number of carbonyl (C=O) groups excluding carboxylic acids is 1. The summed E-state index contributed by atoms with van der Waals surface area (Å²) in [6.07, 6.45) is -0.0115. The van der Waals surface area contributed by atoms with Gasteiger partial charge in [0.1, 0.15) is 5.75 Å². The lowest BCUT2D eigenvalue weighted by atomic mass is 10.1. The Balaban J connectivity index is 1.47. The van der Waals surface area contributed by atoms with Gasteiger partial charge in [0.15, 0.2) is 0 Å². The number of halogens is 4. The maximum absolute atomic E-state index is 12.6. The molecule has 0 atom stereocenters. The number of nitrogens with one attached hydrogen (secondary N) is 2. The summed E-state index contributed by atoms with van der Waals surface area (Å²) in [5.74, 6) is -0.412.